The number of unbranched alkanes of at least 4 members (excludes halogenated alkanes) is 1. The van der Waals surface area contributed by atoms with Crippen molar-refractivity contribution in [2.24, 2.45) is 0 Å². The van der Waals surface area contributed by atoms with Crippen molar-refractivity contribution in [3.8, 4) is 22.4 Å². The largest absolute Gasteiger partial charge is 0.496 e. The summed E-state index contributed by atoms with van der Waals surface area (Å²) in [5, 5.41) is 12.9. The van der Waals surface area contributed by atoms with Gasteiger partial charge < -0.3 is 15.0 Å². The van der Waals surface area contributed by atoms with Gasteiger partial charge in [-0.2, -0.15) is 5.26 Å². The molecule has 0 spiro atoms. The number of nitriles is 1. The number of amides is 1. The Morgan fingerprint density at radius 2 is 1.90 bits per heavy atom. The molecule has 5 rings (SSSR count). The fraction of sp³-hybridized carbons (Fsp3) is 0.469. The zero-order valence-corrected chi connectivity index (χ0v) is 23.9. The normalized spacial score (nSPS) is 15.9. The molecular formula is C32H38N4O2S. The van der Waals surface area contributed by atoms with Crippen LogP contribution in [0.2, 0.25) is 0 Å². The fourth-order valence-corrected chi connectivity index (χ4v) is 6.99. The van der Waals surface area contributed by atoms with Gasteiger partial charge in [0.05, 0.1) is 24.4 Å². The molecule has 0 saturated carbocycles. The molecule has 3 aromatic rings. The van der Waals surface area contributed by atoms with Gasteiger partial charge in [0.2, 0.25) is 0 Å². The molecule has 0 radical (unpaired) electrons. The minimum Gasteiger partial charge on any atom is -0.496 e. The number of ether oxygens (including phenoxy) is 1. The van der Waals surface area contributed by atoms with Crippen LogP contribution in [0.5, 0.6) is 5.75 Å². The minimum absolute atomic E-state index is 0.0512. The van der Waals surface area contributed by atoms with E-state index in [1.54, 1.807) is 12.1 Å². The second-order valence-electron chi connectivity index (χ2n) is 10.7. The molecule has 6 nitrogen and oxygen atoms in total. The molecular weight excluding hydrogens is 504 g/mol. The van der Waals surface area contributed by atoms with Crippen LogP contribution in [0.4, 0.5) is 0 Å². The van der Waals surface area contributed by atoms with Crippen LogP contribution in [0.25, 0.3) is 10.6 Å². The fourth-order valence-electron chi connectivity index (χ4n) is 6.00. The minimum atomic E-state index is -0.0512. The summed E-state index contributed by atoms with van der Waals surface area (Å²) in [6.07, 6.45) is 9.31. The van der Waals surface area contributed by atoms with Gasteiger partial charge in [-0.15, -0.1) is 11.3 Å². The van der Waals surface area contributed by atoms with Crippen molar-refractivity contribution in [1.29, 1.82) is 5.26 Å². The standard InChI is InChI=1S/C32H38N4O2S/c1-22-30(39-32(35-22)26-11-9-23(21-33)10-12-26)31(37)34-17-5-6-18-36-19-15-25(16-20-36)28-14-13-24-7-3-4-8-27(24)29(28)38-2/h9-14,25H,3-8,15-20H2,1-2H3,(H,34,37). The second-order valence-corrected chi connectivity index (χ2v) is 11.7. The van der Waals surface area contributed by atoms with Crippen molar-refractivity contribution in [2.75, 3.05) is 33.3 Å². The molecule has 1 aliphatic heterocycles. The molecule has 1 amide bonds. The summed E-state index contributed by atoms with van der Waals surface area (Å²) in [6.45, 7) is 5.87. The first-order chi connectivity index (χ1) is 19.1. The topological polar surface area (TPSA) is 78.2 Å². The number of nitrogens with one attached hydrogen (secondary N) is 1. The smallest absolute Gasteiger partial charge is 0.263 e. The van der Waals surface area contributed by atoms with E-state index in [4.69, 9.17) is 10.00 Å². The molecule has 2 aromatic carbocycles. The van der Waals surface area contributed by atoms with Crippen LogP contribution >= 0.6 is 11.3 Å². The molecule has 1 saturated heterocycles. The summed E-state index contributed by atoms with van der Waals surface area (Å²) in [5.74, 6) is 1.70. The Morgan fingerprint density at radius 1 is 1.13 bits per heavy atom. The molecule has 39 heavy (non-hydrogen) atoms. The number of aromatic nitrogens is 1. The predicted molar refractivity (Wildman–Crippen MR) is 157 cm³/mol. The number of nitrogens with zero attached hydrogens (tertiary/aromatic N) is 3. The molecule has 7 heteroatoms. The SMILES string of the molecule is COc1c(C2CCN(CCCCNC(=O)c3sc(-c4ccc(C#N)cc4)nc3C)CC2)ccc2c1CCCC2. The van der Waals surface area contributed by atoms with Gasteiger partial charge in [-0.25, -0.2) is 4.98 Å². The van der Waals surface area contributed by atoms with E-state index >= 15 is 0 Å². The highest BCUT2D eigenvalue weighted by Gasteiger charge is 2.26. The number of aryl methyl sites for hydroxylation is 2. The molecule has 2 aliphatic rings. The predicted octanol–water partition coefficient (Wildman–Crippen LogP) is 6.27. The van der Waals surface area contributed by atoms with E-state index in [1.165, 1.54) is 65.9 Å². The maximum Gasteiger partial charge on any atom is 0.263 e. The Bertz CT molecular complexity index is 1330. The van der Waals surface area contributed by atoms with Crippen LogP contribution in [0.15, 0.2) is 36.4 Å². The maximum absolute atomic E-state index is 12.8. The van der Waals surface area contributed by atoms with Crippen LogP contribution in [0, 0.1) is 18.3 Å². The number of rotatable bonds is 9. The number of likely N-dealkylation sites (tertiary alicyclic amines) is 1. The number of fused-ring (bicyclic) bond motifs is 1. The summed E-state index contributed by atoms with van der Waals surface area (Å²) >= 11 is 1.41. The number of carbonyl (C=O) groups is 1. The Hall–Kier alpha value is -3.21. The first kappa shape index (κ1) is 27.4. The first-order valence-electron chi connectivity index (χ1n) is 14.2. The van der Waals surface area contributed by atoms with Crippen molar-refractivity contribution < 1.29 is 9.53 Å². The third-order valence-corrected chi connectivity index (χ3v) is 9.40. The maximum atomic E-state index is 12.8. The van der Waals surface area contributed by atoms with Gasteiger partial charge in [0.1, 0.15) is 15.6 Å². The highest BCUT2D eigenvalue weighted by molar-refractivity contribution is 7.17. The van der Waals surface area contributed by atoms with Gasteiger partial charge in [-0.05, 0) is 113 Å². The Kier molecular flexibility index (Phi) is 8.95. The van der Waals surface area contributed by atoms with Gasteiger partial charge >= 0.3 is 0 Å². The molecule has 1 aliphatic carbocycles. The lowest BCUT2D eigenvalue weighted by molar-refractivity contribution is 0.0955. The van der Waals surface area contributed by atoms with E-state index < -0.39 is 0 Å². The number of hydrogen-bond donors (Lipinski definition) is 1. The Morgan fingerprint density at radius 3 is 2.64 bits per heavy atom. The van der Waals surface area contributed by atoms with Crippen molar-refractivity contribution in [2.45, 2.75) is 64.2 Å². The summed E-state index contributed by atoms with van der Waals surface area (Å²) in [6, 6.07) is 14.1. The number of piperidine rings is 1. The number of thiazole rings is 1. The van der Waals surface area contributed by atoms with Crippen LogP contribution < -0.4 is 10.1 Å². The molecule has 0 atom stereocenters. The Labute approximate surface area is 236 Å². The van der Waals surface area contributed by atoms with Crippen molar-refractivity contribution >= 4 is 17.2 Å². The molecule has 1 fully saturated rings. The summed E-state index contributed by atoms with van der Waals surface area (Å²) in [5.41, 5.74) is 6.66. The number of benzene rings is 2. The highest BCUT2D eigenvalue weighted by Crippen LogP contribution is 2.40. The van der Waals surface area contributed by atoms with Crippen LogP contribution in [-0.2, 0) is 12.8 Å². The second kappa shape index (κ2) is 12.8. The number of hydrogen-bond acceptors (Lipinski definition) is 6. The zero-order chi connectivity index (χ0) is 27.2. The molecule has 1 aromatic heterocycles. The molecule has 1 N–H and O–H groups in total. The summed E-state index contributed by atoms with van der Waals surface area (Å²) in [4.78, 5) is 20.6. The van der Waals surface area contributed by atoms with E-state index in [-0.39, 0.29) is 5.91 Å². The lowest BCUT2D eigenvalue weighted by atomic mass is 9.83. The quantitative estimate of drug-likeness (QED) is 0.323. The average molecular weight is 543 g/mol. The third-order valence-electron chi connectivity index (χ3n) is 8.19. The monoisotopic (exact) mass is 542 g/mol. The van der Waals surface area contributed by atoms with Crippen molar-refractivity contribution in [3.05, 3.63) is 69.2 Å². The molecule has 0 bridgehead atoms. The van der Waals surface area contributed by atoms with Crippen molar-refractivity contribution in [1.82, 2.24) is 15.2 Å². The van der Waals surface area contributed by atoms with Crippen molar-refractivity contribution in [3.63, 3.8) is 0 Å². The van der Waals surface area contributed by atoms with E-state index in [9.17, 15) is 4.79 Å². The van der Waals surface area contributed by atoms with Gasteiger partial charge in [0, 0.05) is 12.1 Å². The van der Waals surface area contributed by atoms with Gasteiger partial charge in [-0.3, -0.25) is 4.79 Å². The zero-order valence-electron chi connectivity index (χ0n) is 23.1. The Balaban J connectivity index is 1.05. The average Bonchev–Trinajstić information content (AvgIpc) is 3.38. The van der Waals surface area contributed by atoms with Gasteiger partial charge in [-0.1, -0.05) is 24.3 Å². The van der Waals surface area contributed by atoms with E-state index in [0.717, 1.165) is 55.2 Å². The van der Waals surface area contributed by atoms with Crippen LogP contribution in [0.1, 0.15) is 82.1 Å². The van der Waals surface area contributed by atoms with Gasteiger partial charge in [0.25, 0.3) is 5.91 Å². The molecule has 204 valence electrons. The van der Waals surface area contributed by atoms with E-state index in [1.807, 2.05) is 26.2 Å². The lowest BCUT2D eigenvalue weighted by Gasteiger charge is -2.33. The molecule has 2 heterocycles. The highest BCUT2D eigenvalue weighted by atomic mass is 32.1. The van der Waals surface area contributed by atoms with Crippen LogP contribution in [-0.4, -0.2) is 49.1 Å². The summed E-state index contributed by atoms with van der Waals surface area (Å²) in [7, 11) is 1.84. The van der Waals surface area contributed by atoms with E-state index in [2.05, 4.69) is 33.4 Å². The van der Waals surface area contributed by atoms with Gasteiger partial charge in [0.15, 0.2) is 0 Å². The summed E-state index contributed by atoms with van der Waals surface area (Å²) < 4.78 is 5.94. The number of carbonyl (C=O) groups excluding carboxylic acids is 1. The van der Waals surface area contributed by atoms with Crippen LogP contribution in [0.3, 0.4) is 0 Å². The first-order valence-corrected chi connectivity index (χ1v) is 15.1. The van der Waals surface area contributed by atoms with E-state index in [0.29, 0.717) is 22.9 Å². The number of methoxy groups -OCH3 is 1. The lowest BCUT2D eigenvalue weighted by Crippen LogP contribution is -2.34. The third kappa shape index (κ3) is 6.34. The molecule has 0 unspecified atom stereocenters.